The van der Waals surface area contributed by atoms with Crippen molar-refractivity contribution < 1.29 is 34.1 Å². The van der Waals surface area contributed by atoms with Crippen molar-refractivity contribution in [1.82, 2.24) is 0 Å². The number of aliphatic carboxylic acids is 1. The van der Waals surface area contributed by atoms with Crippen LogP contribution in [0.15, 0.2) is 78.4 Å². The van der Waals surface area contributed by atoms with Crippen LogP contribution in [0.2, 0.25) is 0 Å². The van der Waals surface area contributed by atoms with Crippen molar-refractivity contribution in [2.75, 3.05) is 18.6 Å². The highest BCUT2D eigenvalue weighted by Gasteiger charge is 2.47. The van der Waals surface area contributed by atoms with Crippen molar-refractivity contribution in [3.63, 3.8) is 0 Å². The number of carboxylic acids is 1. The average molecular weight is 488 g/mol. The van der Waals surface area contributed by atoms with Crippen molar-refractivity contribution in [1.29, 1.82) is 0 Å². The number of Topliss-reactive ketones (excluding diaryl/α,β-unsaturated/α-hetero) is 1. The first-order valence-electron chi connectivity index (χ1n) is 11.3. The fraction of sp³-hybridized carbons (Fsp3) is 0.179. The van der Waals surface area contributed by atoms with Crippen LogP contribution in [0.3, 0.4) is 0 Å². The van der Waals surface area contributed by atoms with Crippen molar-refractivity contribution in [3.05, 3.63) is 95.1 Å². The number of aliphatic hydroxyl groups is 1. The second kappa shape index (κ2) is 10.4. The molecule has 1 aliphatic heterocycles. The van der Waals surface area contributed by atoms with E-state index >= 15 is 0 Å². The van der Waals surface area contributed by atoms with Gasteiger partial charge in [-0.25, -0.2) is 0 Å². The molecule has 0 spiro atoms. The highest BCUT2D eigenvalue weighted by atomic mass is 16.5. The Kier molecular flexibility index (Phi) is 7.05. The molecule has 2 N–H and O–H groups in total. The zero-order valence-corrected chi connectivity index (χ0v) is 19.8. The molecule has 0 radical (unpaired) electrons. The molecule has 1 unspecified atom stereocenters. The topological polar surface area (TPSA) is 113 Å². The lowest BCUT2D eigenvalue weighted by molar-refractivity contribution is -0.136. The molecular weight excluding hydrogens is 462 g/mol. The van der Waals surface area contributed by atoms with E-state index < -0.39 is 23.7 Å². The van der Waals surface area contributed by atoms with Crippen LogP contribution in [0.5, 0.6) is 11.5 Å². The van der Waals surface area contributed by atoms with Crippen LogP contribution in [0.1, 0.15) is 29.7 Å². The number of carbonyl (C=O) groups excluding carboxylic acids is 2. The van der Waals surface area contributed by atoms with Crippen LogP contribution < -0.4 is 14.4 Å². The molecule has 1 saturated heterocycles. The van der Waals surface area contributed by atoms with E-state index in [0.29, 0.717) is 40.5 Å². The third kappa shape index (κ3) is 4.79. The standard InChI is InChI=1S/C28H25NO7/c1-3-36-22-6-4-5-19(16-22)26(32)24-25(18-9-13-21(35-2)14-10-18)29(28(34)27(24)33)20-11-7-17(8-12-20)15-23(30)31/h4-14,16,25,32H,3,15H2,1-2H3,(H,30,31)/b26-24-. The van der Waals surface area contributed by atoms with Gasteiger partial charge in [-0.1, -0.05) is 36.4 Å². The second-order valence-electron chi connectivity index (χ2n) is 8.14. The highest BCUT2D eigenvalue weighted by Crippen LogP contribution is 2.42. The molecule has 3 aromatic carbocycles. The minimum Gasteiger partial charge on any atom is -0.507 e. The molecule has 0 aliphatic carbocycles. The van der Waals surface area contributed by atoms with Gasteiger partial charge in [0, 0.05) is 11.3 Å². The van der Waals surface area contributed by atoms with E-state index in [1.54, 1.807) is 72.8 Å². The lowest BCUT2D eigenvalue weighted by atomic mass is 9.95. The summed E-state index contributed by atoms with van der Waals surface area (Å²) in [5.41, 5.74) is 1.82. The lowest BCUT2D eigenvalue weighted by Gasteiger charge is -2.25. The first-order valence-corrected chi connectivity index (χ1v) is 11.3. The Balaban J connectivity index is 1.86. The number of carbonyl (C=O) groups is 3. The van der Waals surface area contributed by atoms with Crippen molar-refractivity contribution >= 4 is 29.1 Å². The van der Waals surface area contributed by atoms with E-state index in [1.165, 1.54) is 12.0 Å². The molecule has 0 bridgehead atoms. The molecule has 1 aliphatic rings. The van der Waals surface area contributed by atoms with Gasteiger partial charge in [-0.2, -0.15) is 0 Å². The van der Waals surface area contributed by atoms with Crippen molar-refractivity contribution in [3.8, 4) is 11.5 Å². The Morgan fingerprint density at radius 1 is 0.944 bits per heavy atom. The predicted molar refractivity (Wildman–Crippen MR) is 133 cm³/mol. The summed E-state index contributed by atoms with van der Waals surface area (Å²) < 4.78 is 10.8. The second-order valence-corrected chi connectivity index (χ2v) is 8.14. The summed E-state index contributed by atoms with van der Waals surface area (Å²) in [4.78, 5) is 38.9. The lowest BCUT2D eigenvalue weighted by Crippen LogP contribution is -2.29. The Bertz CT molecular complexity index is 1330. The van der Waals surface area contributed by atoms with E-state index in [0.717, 1.165) is 0 Å². The van der Waals surface area contributed by atoms with Gasteiger partial charge in [-0.15, -0.1) is 0 Å². The smallest absolute Gasteiger partial charge is 0.307 e. The third-order valence-electron chi connectivity index (χ3n) is 5.86. The number of methoxy groups -OCH3 is 1. The zero-order chi connectivity index (χ0) is 25.8. The van der Waals surface area contributed by atoms with Gasteiger partial charge in [-0.05, 0) is 54.4 Å². The summed E-state index contributed by atoms with van der Waals surface area (Å²) >= 11 is 0. The molecule has 3 aromatic rings. The minimum absolute atomic E-state index is 0.0616. The van der Waals surface area contributed by atoms with Gasteiger partial charge < -0.3 is 19.7 Å². The van der Waals surface area contributed by atoms with E-state index in [9.17, 15) is 19.5 Å². The number of hydrogen-bond donors (Lipinski definition) is 2. The molecule has 36 heavy (non-hydrogen) atoms. The summed E-state index contributed by atoms with van der Waals surface area (Å²) in [6.45, 7) is 2.27. The number of anilines is 1. The third-order valence-corrected chi connectivity index (χ3v) is 5.86. The highest BCUT2D eigenvalue weighted by molar-refractivity contribution is 6.51. The van der Waals surface area contributed by atoms with Gasteiger partial charge >= 0.3 is 5.97 Å². The number of ketones is 1. The van der Waals surface area contributed by atoms with Gasteiger partial charge in [-0.3, -0.25) is 19.3 Å². The Morgan fingerprint density at radius 3 is 2.25 bits per heavy atom. The Labute approximate surface area is 208 Å². The first kappa shape index (κ1) is 24.5. The van der Waals surface area contributed by atoms with Crippen LogP contribution in [0, 0.1) is 0 Å². The summed E-state index contributed by atoms with van der Waals surface area (Å²) in [5, 5.41) is 20.3. The van der Waals surface area contributed by atoms with E-state index in [-0.39, 0.29) is 17.8 Å². The maximum absolute atomic E-state index is 13.3. The molecule has 184 valence electrons. The van der Waals surface area contributed by atoms with E-state index in [1.807, 2.05) is 6.92 Å². The van der Waals surface area contributed by atoms with Crippen LogP contribution in [-0.4, -0.2) is 41.6 Å². The fourth-order valence-corrected chi connectivity index (χ4v) is 4.20. The van der Waals surface area contributed by atoms with Gasteiger partial charge in [0.2, 0.25) is 0 Å². The molecular formula is C28H25NO7. The van der Waals surface area contributed by atoms with Gasteiger partial charge in [0.05, 0.1) is 31.8 Å². The predicted octanol–water partition coefficient (Wildman–Crippen LogP) is 4.35. The van der Waals surface area contributed by atoms with Crippen LogP contribution in [0.4, 0.5) is 5.69 Å². The number of rotatable bonds is 8. The molecule has 1 heterocycles. The monoisotopic (exact) mass is 487 g/mol. The Hall–Kier alpha value is -4.59. The van der Waals surface area contributed by atoms with Gasteiger partial charge in [0.15, 0.2) is 0 Å². The van der Waals surface area contributed by atoms with Crippen LogP contribution >= 0.6 is 0 Å². The van der Waals surface area contributed by atoms with Crippen LogP contribution in [-0.2, 0) is 20.8 Å². The SMILES string of the molecule is CCOc1cccc(/C(O)=C2/C(=O)C(=O)N(c3ccc(CC(=O)O)cc3)C2c2ccc(OC)cc2)c1. The van der Waals surface area contributed by atoms with Crippen molar-refractivity contribution in [2.24, 2.45) is 0 Å². The summed E-state index contributed by atoms with van der Waals surface area (Å²) in [5.74, 6) is -1.81. The fourth-order valence-electron chi connectivity index (χ4n) is 4.20. The number of ether oxygens (including phenoxy) is 2. The molecule has 1 amide bonds. The summed E-state index contributed by atoms with van der Waals surface area (Å²) in [6.07, 6.45) is -0.169. The number of nitrogens with zero attached hydrogens (tertiary/aromatic N) is 1. The maximum Gasteiger partial charge on any atom is 0.307 e. The van der Waals surface area contributed by atoms with Crippen molar-refractivity contribution in [2.45, 2.75) is 19.4 Å². The minimum atomic E-state index is -0.976. The molecule has 1 atom stereocenters. The molecule has 8 heteroatoms. The maximum atomic E-state index is 13.3. The first-order chi connectivity index (χ1) is 17.3. The van der Waals surface area contributed by atoms with E-state index in [4.69, 9.17) is 14.6 Å². The summed E-state index contributed by atoms with van der Waals surface area (Å²) in [7, 11) is 1.53. The van der Waals surface area contributed by atoms with E-state index in [2.05, 4.69) is 0 Å². The number of hydrogen-bond acceptors (Lipinski definition) is 6. The van der Waals surface area contributed by atoms with Gasteiger partial charge in [0.1, 0.15) is 17.3 Å². The molecule has 4 rings (SSSR count). The normalized spacial score (nSPS) is 16.7. The summed E-state index contributed by atoms with van der Waals surface area (Å²) in [6, 6.07) is 19.0. The number of benzene rings is 3. The number of carboxylic acid groups (broad SMARTS) is 1. The molecule has 1 fully saturated rings. The quantitative estimate of drug-likeness (QED) is 0.276. The zero-order valence-electron chi connectivity index (χ0n) is 19.8. The molecule has 0 aromatic heterocycles. The average Bonchev–Trinajstić information content (AvgIpc) is 3.14. The molecule has 0 saturated carbocycles. The largest absolute Gasteiger partial charge is 0.507 e. The number of amides is 1. The van der Waals surface area contributed by atoms with Crippen LogP contribution in [0.25, 0.3) is 5.76 Å². The number of aliphatic hydroxyl groups excluding tert-OH is 1. The Morgan fingerprint density at radius 2 is 1.64 bits per heavy atom. The molecule has 8 nitrogen and oxygen atoms in total. The van der Waals surface area contributed by atoms with Gasteiger partial charge in [0.25, 0.3) is 11.7 Å².